The first-order chi connectivity index (χ1) is 11.0. The van der Waals surface area contributed by atoms with Crippen molar-refractivity contribution >= 4 is 11.6 Å². The Labute approximate surface area is 133 Å². The van der Waals surface area contributed by atoms with Crippen LogP contribution < -0.4 is 5.32 Å². The lowest BCUT2D eigenvalue weighted by molar-refractivity contribution is -0.385. The molecule has 2 rings (SSSR count). The van der Waals surface area contributed by atoms with Gasteiger partial charge in [-0.25, -0.2) is 0 Å². The lowest BCUT2D eigenvalue weighted by Gasteiger charge is -2.12. The van der Waals surface area contributed by atoms with Gasteiger partial charge in [0.15, 0.2) is 0 Å². The minimum atomic E-state index is -0.721. The molecule has 0 aliphatic carbocycles. The standard InChI is InChI=1S/C17H18N2O4/c1-12-7-8-14(10-16(12)19(22)23)17(21)18-11-15(20)9-13-5-3-2-4-6-13/h2-8,10,15,20H,9,11H2,1H3,(H,18,21). The van der Waals surface area contributed by atoms with Crippen LogP contribution in [0, 0.1) is 17.0 Å². The van der Waals surface area contributed by atoms with E-state index < -0.39 is 16.9 Å². The molecule has 0 fully saturated rings. The summed E-state index contributed by atoms with van der Waals surface area (Å²) in [6, 6.07) is 13.8. The lowest BCUT2D eigenvalue weighted by Crippen LogP contribution is -2.33. The highest BCUT2D eigenvalue weighted by Crippen LogP contribution is 2.19. The van der Waals surface area contributed by atoms with Gasteiger partial charge in [-0.05, 0) is 18.6 Å². The van der Waals surface area contributed by atoms with E-state index in [-0.39, 0.29) is 17.8 Å². The number of amides is 1. The van der Waals surface area contributed by atoms with E-state index in [1.807, 2.05) is 30.3 Å². The fraction of sp³-hybridized carbons (Fsp3) is 0.235. The normalized spacial score (nSPS) is 11.7. The second-order valence-electron chi connectivity index (χ2n) is 5.31. The first-order valence-corrected chi connectivity index (χ1v) is 7.22. The molecule has 0 heterocycles. The smallest absolute Gasteiger partial charge is 0.273 e. The SMILES string of the molecule is Cc1ccc(C(=O)NCC(O)Cc2ccccc2)cc1[N+](=O)[O-]. The number of aryl methyl sites for hydroxylation is 1. The summed E-state index contributed by atoms with van der Waals surface area (Å²) < 4.78 is 0. The topological polar surface area (TPSA) is 92.5 Å². The molecule has 1 atom stereocenters. The molecule has 0 bridgehead atoms. The van der Waals surface area contributed by atoms with Gasteiger partial charge in [-0.3, -0.25) is 14.9 Å². The predicted octanol–water partition coefficient (Wildman–Crippen LogP) is 2.24. The Balaban J connectivity index is 1.94. The van der Waals surface area contributed by atoms with E-state index in [0.29, 0.717) is 12.0 Å². The van der Waals surface area contributed by atoms with E-state index in [2.05, 4.69) is 5.32 Å². The van der Waals surface area contributed by atoms with E-state index in [1.54, 1.807) is 6.92 Å². The highest BCUT2D eigenvalue weighted by Gasteiger charge is 2.15. The van der Waals surface area contributed by atoms with Crippen LogP contribution in [0.4, 0.5) is 5.69 Å². The summed E-state index contributed by atoms with van der Waals surface area (Å²) in [5.41, 5.74) is 1.58. The molecule has 0 aliphatic heterocycles. The summed E-state index contributed by atoms with van der Waals surface area (Å²) in [6.07, 6.45) is -0.295. The maximum atomic E-state index is 12.0. The average Bonchev–Trinajstić information content (AvgIpc) is 2.53. The molecule has 0 radical (unpaired) electrons. The van der Waals surface area contributed by atoms with Gasteiger partial charge in [0, 0.05) is 30.2 Å². The molecular formula is C17H18N2O4. The van der Waals surface area contributed by atoms with Gasteiger partial charge in [0.2, 0.25) is 0 Å². The minimum Gasteiger partial charge on any atom is -0.391 e. The molecule has 1 amide bonds. The van der Waals surface area contributed by atoms with Crippen molar-refractivity contribution in [3.63, 3.8) is 0 Å². The third-order valence-corrected chi connectivity index (χ3v) is 3.48. The van der Waals surface area contributed by atoms with E-state index in [1.165, 1.54) is 18.2 Å². The molecule has 2 aromatic rings. The largest absolute Gasteiger partial charge is 0.391 e. The van der Waals surface area contributed by atoms with Crippen LogP contribution >= 0.6 is 0 Å². The average molecular weight is 314 g/mol. The van der Waals surface area contributed by atoms with Crippen LogP contribution in [-0.4, -0.2) is 28.6 Å². The number of hydrogen-bond donors (Lipinski definition) is 2. The third-order valence-electron chi connectivity index (χ3n) is 3.48. The Hall–Kier alpha value is -2.73. The van der Waals surface area contributed by atoms with Gasteiger partial charge < -0.3 is 10.4 Å². The van der Waals surface area contributed by atoms with E-state index in [9.17, 15) is 20.0 Å². The number of aliphatic hydroxyl groups is 1. The molecule has 6 heteroatoms. The number of hydrogen-bond acceptors (Lipinski definition) is 4. The van der Waals surface area contributed by atoms with Crippen molar-refractivity contribution < 1.29 is 14.8 Å². The monoisotopic (exact) mass is 314 g/mol. The van der Waals surface area contributed by atoms with Crippen molar-refractivity contribution in [2.45, 2.75) is 19.4 Å². The van der Waals surface area contributed by atoms with E-state index in [0.717, 1.165) is 5.56 Å². The van der Waals surface area contributed by atoms with Crippen molar-refractivity contribution in [3.8, 4) is 0 Å². The first-order valence-electron chi connectivity index (χ1n) is 7.22. The van der Waals surface area contributed by atoms with E-state index in [4.69, 9.17) is 0 Å². The molecule has 6 nitrogen and oxygen atoms in total. The van der Waals surface area contributed by atoms with Crippen molar-refractivity contribution in [1.82, 2.24) is 5.32 Å². The second-order valence-corrected chi connectivity index (χ2v) is 5.31. The molecule has 0 saturated heterocycles. The number of carbonyl (C=O) groups is 1. The number of benzene rings is 2. The van der Waals surface area contributed by atoms with Gasteiger partial charge in [-0.15, -0.1) is 0 Å². The lowest BCUT2D eigenvalue weighted by atomic mass is 10.1. The fourth-order valence-corrected chi connectivity index (χ4v) is 2.22. The van der Waals surface area contributed by atoms with Gasteiger partial charge in [0.25, 0.3) is 11.6 Å². The van der Waals surface area contributed by atoms with Gasteiger partial charge in [0.05, 0.1) is 11.0 Å². The van der Waals surface area contributed by atoms with Crippen LogP contribution in [0.3, 0.4) is 0 Å². The van der Waals surface area contributed by atoms with Gasteiger partial charge in [0.1, 0.15) is 0 Å². The number of aliphatic hydroxyl groups excluding tert-OH is 1. The van der Waals surface area contributed by atoms with E-state index >= 15 is 0 Å². The van der Waals surface area contributed by atoms with Crippen molar-refractivity contribution in [2.24, 2.45) is 0 Å². The van der Waals surface area contributed by atoms with Crippen molar-refractivity contribution in [2.75, 3.05) is 6.54 Å². The highest BCUT2D eigenvalue weighted by molar-refractivity contribution is 5.95. The zero-order valence-corrected chi connectivity index (χ0v) is 12.7. The van der Waals surface area contributed by atoms with Crippen LogP contribution in [0.2, 0.25) is 0 Å². The molecular weight excluding hydrogens is 296 g/mol. The fourth-order valence-electron chi connectivity index (χ4n) is 2.22. The summed E-state index contributed by atoms with van der Waals surface area (Å²) >= 11 is 0. The summed E-state index contributed by atoms with van der Waals surface area (Å²) in [6.45, 7) is 1.69. The third kappa shape index (κ3) is 4.62. The zero-order chi connectivity index (χ0) is 16.8. The number of nitrogens with zero attached hydrogens (tertiary/aromatic N) is 1. The van der Waals surface area contributed by atoms with Crippen molar-refractivity contribution in [3.05, 3.63) is 75.3 Å². The summed E-state index contributed by atoms with van der Waals surface area (Å²) in [7, 11) is 0. The first kappa shape index (κ1) is 16.6. The maximum absolute atomic E-state index is 12.0. The summed E-state index contributed by atoms with van der Waals surface area (Å²) in [5.74, 6) is -0.444. The Kier molecular flexibility index (Phi) is 5.43. The Morgan fingerprint density at radius 2 is 1.96 bits per heavy atom. The molecule has 2 N–H and O–H groups in total. The molecule has 0 aromatic heterocycles. The molecule has 1 unspecified atom stereocenters. The van der Waals surface area contributed by atoms with Crippen molar-refractivity contribution in [1.29, 1.82) is 0 Å². The second kappa shape index (κ2) is 7.51. The van der Waals surface area contributed by atoms with Gasteiger partial charge in [-0.2, -0.15) is 0 Å². The van der Waals surface area contributed by atoms with Crippen LogP contribution in [0.5, 0.6) is 0 Å². The van der Waals surface area contributed by atoms with Crippen LogP contribution in [0.25, 0.3) is 0 Å². The van der Waals surface area contributed by atoms with Crippen LogP contribution in [0.15, 0.2) is 48.5 Å². The highest BCUT2D eigenvalue weighted by atomic mass is 16.6. The van der Waals surface area contributed by atoms with Crippen LogP contribution in [-0.2, 0) is 6.42 Å². The summed E-state index contributed by atoms with van der Waals surface area (Å²) in [5, 5.41) is 23.5. The van der Waals surface area contributed by atoms with Gasteiger partial charge in [-0.1, -0.05) is 36.4 Å². The molecule has 0 aliphatic rings. The molecule has 120 valence electrons. The molecule has 0 spiro atoms. The number of rotatable bonds is 6. The zero-order valence-electron chi connectivity index (χ0n) is 12.7. The summed E-state index contributed by atoms with van der Waals surface area (Å²) in [4.78, 5) is 22.4. The van der Waals surface area contributed by atoms with Crippen LogP contribution in [0.1, 0.15) is 21.5 Å². The van der Waals surface area contributed by atoms with Gasteiger partial charge >= 0.3 is 0 Å². The quantitative estimate of drug-likeness (QED) is 0.631. The molecule has 23 heavy (non-hydrogen) atoms. The predicted molar refractivity (Wildman–Crippen MR) is 86.3 cm³/mol. The maximum Gasteiger partial charge on any atom is 0.273 e. The Morgan fingerprint density at radius 1 is 1.26 bits per heavy atom. The Morgan fingerprint density at radius 3 is 2.61 bits per heavy atom. The molecule has 0 saturated carbocycles. The number of nitro groups is 1. The Bertz CT molecular complexity index is 701. The minimum absolute atomic E-state index is 0.0788. The molecule has 2 aromatic carbocycles. The number of nitrogens with one attached hydrogen (secondary N) is 1. The number of nitro benzene ring substituents is 1. The number of carbonyl (C=O) groups excluding carboxylic acids is 1.